The van der Waals surface area contributed by atoms with Gasteiger partial charge in [0.1, 0.15) is 12.6 Å². The summed E-state index contributed by atoms with van der Waals surface area (Å²) < 4.78 is 0. The number of hydrogen-bond donors (Lipinski definition) is 0. The van der Waals surface area contributed by atoms with Crippen molar-refractivity contribution in [3.8, 4) is 44.5 Å². The monoisotopic (exact) mass is 782 g/mol. The lowest BCUT2D eigenvalue weighted by Gasteiger charge is -2.45. The number of hydrogen-bond acceptors (Lipinski definition) is 4. The molecule has 4 heteroatoms. The molecular weight excluding hydrogens is 745 g/mol. The van der Waals surface area contributed by atoms with Gasteiger partial charge in [0.05, 0.1) is 6.67 Å². The van der Waals surface area contributed by atoms with Gasteiger partial charge in [-0.2, -0.15) is 0 Å². The van der Waals surface area contributed by atoms with Crippen LogP contribution in [-0.4, -0.2) is 19.2 Å². The van der Waals surface area contributed by atoms with Crippen molar-refractivity contribution in [1.82, 2.24) is 0 Å². The minimum absolute atomic E-state index is 0.674. The van der Waals surface area contributed by atoms with Crippen LogP contribution in [0.1, 0.15) is 31.8 Å². The first-order chi connectivity index (χ1) is 30.1. The van der Waals surface area contributed by atoms with Crippen molar-refractivity contribution in [1.29, 1.82) is 0 Å². The van der Waals surface area contributed by atoms with E-state index >= 15 is 0 Å². The predicted molar refractivity (Wildman–Crippen MR) is 253 cm³/mol. The number of nitrogens with zero attached hydrogens (tertiary/aromatic N) is 2. The van der Waals surface area contributed by atoms with Gasteiger partial charge >= 0.3 is 0 Å². The number of aldehydes is 2. The SMILES string of the molecule is O=Cc1cccc(-c2c3ccccc3c(-c3ccc4c(c3)CN3CN4Cc4cc(-c5c6ccccc6c(-c6cccc(C=O)c6)c6ccccc56)ccc43)c3ccccc23)c1. The Bertz CT molecular complexity index is 3130. The van der Waals surface area contributed by atoms with Gasteiger partial charge in [0.2, 0.25) is 0 Å². The standard InChI is InChI=1S/C57H38N2O2/c60-33-36-11-9-13-38(27-36)54-44-15-1-5-19-48(44)56(49-20-6-2-16-45(49)54)40-23-25-52-42(29-40)31-58-35-59(52)32-43-30-41(24-26-53(43)58)57-50-21-7-3-17-46(50)55(47-18-4-8-22-51(47)57)39-14-10-12-37(28-39)34-61/h1-30,33-34H,31-32,35H2. The second-order valence-corrected chi connectivity index (χ2v) is 16.4. The van der Waals surface area contributed by atoms with Crippen LogP contribution < -0.4 is 9.80 Å². The maximum atomic E-state index is 11.8. The third-order valence-electron chi connectivity index (χ3n) is 13.0. The molecule has 0 N–H and O–H groups in total. The number of benzene rings is 10. The normalized spacial score (nSPS) is 13.1. The third kappa shape index (κ3) is 5.53. The van der Waals surface area contributed by atoms with Crippen molar-refractivity contribution in [2.24, 2.45) is 0 Å². The van der Waals surface area contributed by atoms with Crippen molar-refractivity contribution in [3.63, 3.8) is 0 Å². The van der Waals surface area contributed by atoms with E-state index in [0.717, 1.165) is 54.6 Å². The lowest BCUT2D eigenvalue weighted by molar-refractivity contribution is 0.111. The van der Waals surface area contributed by atoms with E-state index in [4.69, 9.17) is 0 Å². The zero-order chi connectivity index (χ0) is 40.6. The average molecular weight is 783 g/mol. The highest BCUT2D eigenvalue weighted by Gasteiger charge is 2.31. The topological polar surface area (TPSA) is 40.6 Å². The molecule has 0 aliphatic carbocycles. The Morgan fingerprint density at radius 1 is 0.328 bits per heavy atom. The molecule has 0 unspecified atom stereocenters. The average Bonchev–Trinajstić information content (AvgIpc) is 3.32. The Balaban J connectivity index is 0.958. The molecule has 2 aliphatic rings. The number of carbonyl (C=O) groups excluding carboxylic acids is 2. The number of fused-ring (bicyclic) bond motifs is 10. The number of rotatable bonds is 6. The van der Waals surface area contributed by atoms with Crippen LogP contribution in [0.5, 0.6) is 0 Å². The summed E-state index contributed by atoms with van der Waals surface area (Å²) in [6.45, 7) is 2.48. The molecule has 0 saturated carbocycles. The van der Waals surface area contributed by atoms with E-state index < -0.39 is 0 Å². The fraction of sp³-hybridized carbons (Fsp3) is 0.0526. The quantitative estimate of drug-likeness (QED) is 0.124. The highest BCUT2D eigenvalue weighted by molar-refractivity contribution is 6.23. The summed E-state index contributed by atoms with van der Waals surface area (Å²) in [5.74, 6) is 0. The summed E-state index contributed by atoms with van der Waals surface area (Å²) in [5, 5.41) is 9.49. The van der Waals surface area contributed by atoms with Gasteiger partial charge in [0, 0.05) is 35.6 Å². The first-order valence-electron chi connectivity index (χ1n) is 20.9. The molecule has 61 heavy (non-hydrogen) atoms. The van der Waals surface area contributed by atoms with Crippen molar-refractivity contribution in [3.05, 3.63) is 204 Å². The summed E-state index contributed by atoms with van der Waals surface area (Å²) >= 11 is 0. The molecule has 10 aromatic rings. The summed E-state index contributed by atoms with van der Waals surface area (Å²) in [5.41, 5.74) is 15.8. The minimum atomic E-state index is 0.674. The van der Waals surface area contributed by atoms with Crippen LogP contribution in [0.4, 0.5) is 11.4 Å². The number of anilines is 2. The zero-order valence-electron chi connectivity index (χ0n) is 33.3. The molecule has 12 rings (SSSR count). The van der Waals surface area contributed by atoms with E-state index in [1.807, 2.05) is 36.4 Å². The van der Waals surface area contributed by atoms with Gasteiger partial charge in [-0.1, -0.05) is 146 Å². The van der Waals surface area contributed by atoms with Gasteiger partial charge in [-0.15, -0.1) is 0 Å². The van der Waals surface area contributed by atoms with E-state index in [9.17, 15) is 9.59 Å². The molecule has 0 aromatic heterocycles. The molecule has 288 valence electrons. The Morgan fingerprint density at radius 3 is 0.951 bits per heavy atom. The fourth-order valence-corrected chi connectivity index (χ4v) is 10.4. The highest BCUT2D eigenvalue weighted by atomic mass is 16.1. The second-order valence-electron chi connectivity index (χ2n) is 16.4. The molecule has 0 fully saturated rings. The van der Waals surface area contributed by atoms with Gasteiger partial charge in [-0.3, -0.25) is 9.59 Å². The number of carbonyl (C=O) groups is 2. The Labute approximate surface area is 353 Å². The first kappa shape index (κ1) is 35.2. The molecule has 2 bridgehead atoms. The van der Waals surface area contributed by atoms with Gasteiger partial charge < -0.3 is 9.80 Å². The summed E-state index contributed by atoms with van der Waals surface area (Å²) in [6.07, 6.45) is 1.85. The molecule has 2 heterocycles. The van der Waals surface area contributed by atoms with Gasteiger partial charge in [0.15, 0.2) is 0 Å². The summed E-state index contributed by atoms with van der Waals surface area (Å²) in [4.78, 5) is 28.7. The smallest absolute Gasteiger partial charge is 0.150 e. The zero-order valence-corrected chi connectivity index (χ0v) is 33.3. The van der Waals surface area contributed by atoms with Crippen LogP contribution in [0.3, 0.4) is 0 Å². The molecule has 2 aliphatic heterocycles. The van der Waals surface area contributed by atoms with Crippen molar-refractivity contribution >= 4 is 67.0 Å². The highest BCUT2D eigenvalue weighted by Crippen LogP contribution is 2.48. The van der Waals surface area contributed by atoms with Crippen molar-refractivity contribution in [2.45, 2.75) is 13.1 Å². The van der Waals surface area contributed by atoms with Crippen LogP contribution in [0, 0.1) is 0 Å². The molecule has 0 atom stereocenters. The van der Waals surface area contributed by atoms with Crippen molar-refractivity contribution in [2.75, 3.05) is 16.5 Å². The Hall–Kier alpha value is -7.82. The van der Waals surface area contributed by atoms with E-state index in [1.165, 1.54) is 87.8 Å². The van der Waals surface area contributed by atoms with Crippen LogP contribution >= 0.6 is 0 Å². The molecule has 0 spiro atoms. The van der Waals surface area contributed by atoms with Gasteiger partial charge in [0.25, 0.3) is 0 Å². The van der Waals surface area contributed by atoms with Crippen LogP contribution in [-0.2, 0) is 13.1 Å². The maximum absolute atomic E-state index is 11.8. The van der Waals surface area contributed by atoms with Crippen molar-refractivity contribution < 1.29 is 9.59 Å². The molecule has 4 nitrogen and oxygen atoms in total. The first-order valence-corrected chi connectivity index (χ1v) is 20.9. The third-order valence-corrected chi connectivity index (χ3v) is 13.0. The molecule has 10 aromatic carbocycles. The fourth-order valence-electron chi connectivity index (χ4n) is 10.4. The van der Waals surface area contributed by atoms with E-state index in [2.05, 4.69) is 155 Å². The summed E-state index contributed by atoms with van der Waals surface area (Å²) in [7, 11) is 0. The minimum Gasteiger partial charge on any atom is -0.349 e. The predicted octanol–water partition coefficient (Wildman–Crippen LogP) is 13.9. The van der Waals surface area contributed by atoms with E-state index in [0.29, 0.717) is 11.1 Å². The molecule has 0 amide bonds. The lowest BCUT2D eigenvalue weighted by atomic mass is 9.84. The second kappa shape index (κ2) is 13.9. The van der Waals surface area contributed by atoms with Crippen LogP contribution in [0.15, 0.2) is 182 Å². The molecule has 0 radical (unpaired) electrons. The van der Waals surface area contributed by atoms with Gasteiger partial charge in [-0.25, -0.2) is 0 Å². The van der Waals surface area contributed by atoms with Gasteiger partial charge in [-0.05, 0) is 135 Å². The Kier molecular flexibility index (Phi) is 8.01. The molecular formula is C57H38N2O2. The van der Waals surface area contributed by atoms with Crippen LogP contribution in [0.2, 0.25) is 0 Å². The summed E-state index contributed by atoms with van der Waals surface area (Å²) in [6, 6.07) is 64.8. The van der Waals surface area contributed by atoms with Crippen LogP contribution in [0.25, 0.3) is 87.6 Å². The van der Waals surface area contributed by atoms with E-state index in [1.54, 1.807) is 0 Å². The molecule has 0 saturated heterocycles. The van der Waals surface area contributed by atoms with E-state index in [-0.39, 0.29) is 0 Å². The maximum Gasteiger partial charge on any atom is 0.150 e. The largest absolute Gasteiger partial charge is 0.349 e. The Morgan fingerprint density at radius 2 is 0.639 bits per heavy atom. The lowest BCUT2D eigenvalue weighted by Crippen LogP contribution is -2.46.